The first kappa shape index (κ1) is 100. The van der Waals surface area contributed by atoms with E-state index in [0.717, 1.165) is 64.3 Å². The molecule has 0 saturated heterocycles. The Kier molecular flexibility index (Phi) is 42.2. The molecule has 119 heavy (non-hydrogen) atoms. The molecule has 34 nitrogen and oxygen atoms in total. The van der Waals surface area contributed by atoms with Crippen LogP contribution >= 0.6 is 0 Å². The molecule has 0 fully saturated rings. The molecule has 4 atom stereocenters. The highest BCUT2D eigenvalue weighted by Crippen LogP contribution is 2.48. The van der Waals surface area contributed by atoms with Gasteiger partial charge in [-0.1, -0.05) is 124 Å². The second kappa shape index (κ2) is 50.0. The number of carboxylic acids is 4. The highest BCUT2D eigenvalue weighted by atomic mass is 32.2. The maximum Gasteiger partial charge on any atom is 0.425 e. The number of unbranched alkanes of at least 4 members (excludes halogenated alkanes) is 7. The second-order valence-corrected chi connectivity index (χ2v) is 33.2. The number of nitrogens with zero attached hydrogens (tertiary/aromatic N) is 2. The lowest BCUT2D eigenvalue weighted by Crippen LogP contribution is -2.47. The number of Topliss-reactive ketones (excluding diaryl/α,β-unsaturated/α-hetero) is 2. The van der Waals surface area contributed by atoms with Crippen molar-refractivity contribution < 1.29 is 134 Å². The number of ketones is 2. The van der Waals surface area contributed by atoms with E-state index in [1.165, 1.54) is 0 Å². The van der Waals surface area contributed by atoms with E-state index < -0.39 is 142 Å². The first-order chi connectivity index (χ1) is 56.1. The fourth-order valence-electron chi connectivity index (χ4n) is 14.0. The number of anilines is 1. The van der Waals surface area contributed by atoms with Gasteiger partial charge in [0.25, 0.3) is 10.1 Å². The van der Waals surface area contributed by atoms with Gasteiger partial charge in [0.1, 0.15) is 35.9 Å². The summed E-state index contributed by atoms with van der Waals surface area (Å²) in [4.78, 5) is 133. The van der Waals surface area contributed by atoms with E-state index in [9.17, 15) is 84.4 Å². The summed E-state index contributed by atoms with van der Waals surface area (Å²) in [5.74, 6) is -8.89. The summed E-state index contributed by atoms with van der Waals surface area (Å²) in [5, 5.41) is 48.9. The normalized spacial score (nSPS) is 15.4. The summed E-state index contributed by atoms with van der Waals surface area (Å²) in [6.07, 6.45) is 13.8. The van der Waals surface area contributed by atoms with E-state index in [1.807, 2.05) is 48.6 Å². The number of urea groups is 1. The zero-order valence-electron chi connectivity index (χ0n) is 66.4. The van der Waals surface area contributed by atoms with Crippen LogP contribution in [0.25, 0.3) is 0 Å². The molecule has 9 N–H and O–H groups in total. The van der Waals surface area contributed by atoms with Gasteiger partial charge in [-0.2, -0.15) is 22.6 Å². The standard InChI is InChI=1S/C80H102N6O20S2.CO2.2O3S/c1-79(2)61-29-14-16-31-66(61)85(46-18-20-48-107(100,101)102)69(79)43-37-56-26-22-27-57(38-44-70-80(3,4)62-30-15-17-32-67(62)86(70)47-19-21-49-108(103,104)105)74(56)106-60-40-35-55(36-41-60)51-65(77(97)98)83-75(94)58(53-73(92)93)52-68(88)64(50-54-24-10-9-11-25-54)82-71(89)33-13-8-6-5-7-12-28-59(87)39-42-63(76(95)96)84-78(99)81-45-23-34-72(90)91;2-1-3;2*1-4(2)3/h9-11,14-17,24-25,29-32,35-38,40-41,43-44,58,63-65H,5-8,12-13,18-23,26-28,33-34,39,42,45-53H2,1-4H3,(H9-,81,82,83,84,89,90,91,92,93,94,95,96,97,98,99,100,101,102,103,104,105);;;/t58-,63-,64-,65-;;;/m0.../s1. The Balaban J connectivity index is 0.00000255. The maximum absolute atomic E-state index is 14.3. The number of allylic oxidation sites excluding steroid dienone is 7. The third-order valence-electron chi connectivity index (χ3n) is 19.7. The van der Waals surface area contributed by atoms with Gasteiger partial charge in [-0.3, -0.25) is 33.3 Å². The maximum atomic E-state index is 14.3. The van der Waals surface area contributed by atoms with Gasteiger partial charge < -0.3 is 55.9 Å². The van der Waals surface area contributed by atoms with Gasteiger partial charge in [-0.05, 0) is 143 Å². The molecule has 2 aliphatic heterocycles. The number of carboxylic acid groups (broad SMARTS) is 4. The van der Waals surface area contributed by atoms with Crippen LogP contribution in [0.1, 0.15) is 185 Å². The van der Waals surface area contributed by atoms with Crippen molar-refractivity contribution >= 4 is 118 Å². The smallest absolute Gasteiger partial charge is 0.425 e. The molecule has 4 aromatic rings. The van der Waals surface area contributed by atoms with Crippen molar-refractivity contribution in [1.29, 1.82) is 0 Å². The molecule has 0 unspecified atom stereocenters. The fraction of sp³-hybridized carbons (Fsp3) is 0.469. The Morgan fingerprint density at radius 3 is 1.77 bits per heavy atom. The van der Waals surface area contributed by atoms with Gasteiger partial charge >= 0.3 is 57.3 Å². The zero-order valence-corrected chi connectivity index (χ0v) is 69.7. The first-order valence-electron chi connectivity index (χ1n) is 38.3. The third kappa shape index (κ3) is 36.4. The minimum absolute atomic E-state index is 0.0151. The molecule has 0 saturated carbocycles. The average Bonchev–Trinajstić information content (AvgIpc) is 1.60. The quantitative estimate of drug-likeness (QED) is 0.0114. The molecule has 0 aromatic heterocycles. The van der Waals surface area contributed by atoms with Crippen molar-refractivity contribution in [3.63, 3.8) is 0 Å². The van der Waals surface area contributed by atoms with Gasteiger partial charge in [-0.15, -0.1) is 25.3 Å². The average molecular weight is 1740 g/mol. The predicted molar refractivity (Wildman–Crippen MR) is 430 cm³/mol. The Bertz CT molecular complexity index is 4860. The number of hydrogen-bond donors (Lipinski definition) is 9. The summed E-state index contributed by atoms with van der Waals surface area (Å²) in [7, 11) is -14.8. The number of rotatable bonds is 46. The number of aliphatic carboxylic acids is 4. The van der Waals surface area contributed by atoms with Crippen molar-refractivity contribution in [2.75, 3.05) is 36.0 Å². The van der Waals surface area contributed by atoms with E-state index in [1.54, 1.807) is 54.6 Å². The molecular weight excluding hydrogens is 1630 g/mol. The van der Waals surface area contributed by atoms with Crippen LogP contribution in [0.3, 0.4) is 0 Å². The number of carbonyl (C=O) groups is 9. The van der Waals surface area contributed by atoms with E-state index in [2.05, 4.69) is 82.7 Å². The first-order valence-corrected chi connectivity index (χ1v) is 43.5. The minimum atomic E-state index is -4.41. The summed E-state index contributed by atoms with van der Waals surface area (Å²) in [6.45, 7) is 9.43. The number of ether oxygens (including phenoxy) is 1. The van der Waals surface area contributed by atoms with Crippen LogP contribution < -0.4 is 30.9 Å². The molecule has 38 heteroatoms. The van der Waals surface area contributed by atoms with Gasteiger partial charge in [0.05, 0.1) is 39.7 Å². The van der Waals surface area contributed by atoms with Gasteiger partial charge in [0.2, 0.25) is 17.5 Å². The highest BCUT2D eigenvalue weighted by Gasteiger charge is 2.45. The molecule has 0 bridgehead atoms. The molecule has 0 radical (unpaired) electrons. The predicted octanol–water partition coefficient (Wildman–Crippen LogP) is 8.12. The molecule has 0 spiro atoms. The fourth-order valence-corrected chi connectivity index (χ4v) is 15.1. The van der Waals surface area contributed by atoms with Crippen LogP contribution in [-0.2, 0) is 113 Å². The largest absolute Gasteiger partial charge is 0.748 e. The third-order valence-corrected chi connectivity index (χ3v) is 21.3. The van der Waals surface area contributed by atoms with Crippen molar-refractivity contribution in [3.05, 3.63) is 172 Å². The zero-order chi connectivity index (χ0) is 88.6. The van der Waals surface area contributed by atoms with E-state index in [-0.39, 0.29) is 88.4 Å². The van der Waals surface area contributed by atoms with Crippen LogP contribution in [0.15, 0.2) is 150 Å². The Labute approximate surface area is 693 Å². The lowest BCUT2D eigenvalue weighted by atomic mass is 9.81. The lowest BCUT2D eigenvalue weighted by Gasteiger charge is -2.28. The highest BCUT2D eigenvalue weighted by molar-refractivity contribution is 7.86. The number of para-hydroxylation sites is 2. The molecule has 3 aliphatic rings. The summed E-state index contributed by atoms with van der Waals surface area (Å²) < 4.78 is 128. The van der Waals surface area contributed by atoms with Crippen molar-refractivity contribution in [2.45, 2.75) is 204 Å². The topological polar surface area (TPSA) is 546 Å². The number of fused-ring (bicyclic) bond motifs is 2. The number of carbonyl (C=O) groups excluding carboxylic acids is 7. The molecule has 648 valence electrons. The van der Waals surface area contributed by atoms with Crippen molar-refractivity contribution in [1.82, 2.24) is 21.3 Å². The van der Waals surface area contributed by atoms with Gasteiger partial charge in [0.15, 0.2) is 11.5 Å². The molecule has 1 aliphatic carbocycles. The van der Waals surface area contributed by atoms with Crippen LogP contribution in [0.5, 0.6) is 5.75 Å². The molecule has 4 aromatic carbocycles. The number of amides is 4. The minimum Gasteiger partial charge on any atom is -0.748 e. The van der Waals surface area contributed by atoms with Crippen molar-refractivity contribution in [3.8, 4) is 5.75 Å². The van der Waals surface area contributed by atoms with Crippen LogP contribution in [0.2, 0.25) is 0 Å². The van der Waals surface area contributed by atoms with Crippen LogP contribution in [-0.4, -0.2) is 191 Å². The summed E-state index contributed by atoms with van der Waals surface area (Å²) in [6, 6.07) is 26.6. The van der Waals surface area contributed by atoms with E-state index in [4.69, 9.17) is 44.7 Å². The summed E-state index contributed by atoms with van der Waals surface area (Å²) >= 11 is 0. The number of hydrogen-bond acceptors (Lipinski definition) is 24. The molecule has 4 amide bonds. The van der Waals surface area contributed by atoms with E-state index in [0.29, 0.717) is 87.1 Å². The van der Waals surface area contributed by atoms with Crippen LogP contribution in [0, 0.1) is 5.92 Å². The van der Waals surface area contributed by atoms with Gasteiger partial charge in [-0.25, -0.2) is 22.8 Å². The van der Waals surface area contributed by atoms with Gasteiger partial charge in [0, 0.05) is 98.3 Å². The molecular formula is C81H102N6O28S4. The Morgan fingerprint density at radius 2 is 1.17 bits per heavy atom. The SMILES string of the molecule is CC1(C)C(=CC=C2CCCC(C=CC3=[N+](CCCCS(=O)(=O)O)c4ccccc4C3(C)C)=C2Oc2ccc(C[C@H](NC(=O)[C@H](CC(=O)O)CC(=O)[C@H](Cc3ccccc3)NC(=O)CCCCCCCCC(=O)CC[C@H](NC(=O)NCCCC(=O)O)C(=O)O)C(=O)O)cc2)N(CCCCS(=O)(=O)[O-])c2ccccc21.O=C=O.O=S(=O)=O.O=S(=O)=O. The van der Waals surface area contributed by atoms with Crippen molar-refractivity contribution in [2.24, 2.45) is 5.92 Å². The number of benzene rings is 4. The second-order valence-electron chi connectivity index (χ2n) is 29.3. The Hall–Kier alpha value is -11.0. The molecule has 2 heterocycles. The lowest BCUT2D eigenvalue weighted by molar-refractivity contribution is -0.438. The summed E-state index contributed by atoms with van der Waals surface area (Å²) in [5.41, 5.74) is 7.83. The monoisotopic (exact) mass is 1730 g/mol. The molecule has 7 rings (SSSR count). The number of nitrogens with one attached hydrogen (secondary N) is 4. The van der Waals surface area contributed by atoms with E-state index >= 15 is 0 Å². The Morgan fingerprint density at radius 1 is 0.597 bits per heavy atom. The van der Waals surface area contributed by atoms with Crippen LogP contribution in [0.4, 0.5) is 16.2 Å².